The molecule has 0 aromatic heterocycles. The molecule has 0 unspecified atom stereocenters. The summed E-state index contributed by atoms with van der Waals surface area (Å²) >= 11 is 1.67. The Hall–Kier alpha value is -2.59. The van der Waals surface area contributed by atoms with Gasteiger partial charge in [0.05, 0.1) is 17.1 Å². The summed E-state index contributed by atoms with van der Waals surface area (Å²) in [4.78, 5) is 10.3. The van der Waals surface area contributed by atoms with Crippen LogP contribution in [0.5, 0.6) is 0 Å². The number of benzene rings is 3. The van der Waals surface area contributed by atoms with Gasteiger partial charge in [0, 0.05) is 6.21 Å². The van der Waals surface area contributed by atoms with Gasteiger partial charge in [0.15, 0.2) is 0 Å². The monoisotopic (exact) mass is 837 g/mol. The van der Waals surface area contributed by atoms with Crippen molar-refractivity contribution in [2.75, 3.05) is 26.2 Å². The fourth-order valence-electron chi connectivity index (χ4n) is 7.59. The van der Waals surface area contributed by atoms with Crippen LogP contribution in [0.2, 0.25) is 0 Å². The van der Waals surface area contributed by atoms with Crippen LogP contribution in [-0.2, 0) is 40.5 Å². The number of rotatable bonds is 29. The van der Waals surface area contributed by atoms with Crippen LogP contribution in [0, 0.1) is 6.92 Å². The molecule has 0 spiro atoms. The molecule has 0 heterocycles. The number of unbranched alkanes of at least 4 members (excludes halogenated alkanes) is 10. The number of aliphatic imine (C=N–C) groups is 2. The molecule has 0 aliphatic rings. The van der Waals surface area contributed by atoms with Crippen molar-refractivity contribution in [1.82, 2.24) is 7.96 Å². The Bertz CT molecular complexity index is 1540. The van der Waals surface area contributed by atoms with Crippen molar-refractivity contribution in [3.63, 3.8) is 0 Å². The molecule has 0 N–H and O–H groups in total. The van der Waals surface area contributed by atoms with E-state index in [9.17, 15) is 0 Å². The molecule has 0 atom stereocenters. The third kappa shape index (κ3) is 19.7. The molecule has 0 bridgehead atoms. The molecular weight excluding hydrogens is 751 g/mol. The summed E-state index contributed by atoms with van der Waals surface area (Å²) in [6, 6.07) is 20.3. The van der Waals surface area contributed by atoms with Gasteiger partial charge in [0.1, 0.15) is 0 Å². The first-order valence-electron chi connectivity index (χ1n) is 23.9. The van der Waals surface area contributed by atoms with E-state index >= 15 is 0 Å². The van der Waals surface area contributed by atoms with E-state index in [0.717, 1.165) is 62.5 Å². The molecule has 5 heteroatoms. The zero-order valence-corrected chi connectivity index (χ0v) is 40.1. The molecule has 0 saturated heterocycles. The molecule has 0 saturated carbocycles. The summed E-state index contributed by atoms with van der Waals surface area (Å²) in [7, 11) is 0. The number of nitrogens with zero attached hydrogens (tertiary/aromatic N) is 4. The van der Waals surface area contributed by atoms with Gasteiger partial charge >= 0.3 is 76.7 Å². The van der Waals surface area contributed by atoms with Crippen molar-refractivity contribution in [3.05, 3.63) is 82.4 Å². The third-order valence-electron chi connectivity index (χ3n) is 11.0. The maximum atomic E-state index is 5.26. The number of hydrogen-bond acceptors (Lipinski definition) is 4. The summed E-state index contributed by atoms with van der Waals surface area (Å²) in [6.07, 6.45) is 25.5. The molecule has 3 rings (SSSR count). The van der Waals surface area contributed by atoms with Crippen molar-refractivity contribution in [1.29, 1.82) is 0 Å². The van der Waals surface area contributed by atoms with E-state index in [-0.39, 0.29) is 0 Å². The summed E-state index contributed by atoms with van der Waals surface area (Å²) in [5.74, 6) is 0. The normalized spacial score (nSPS) is 12.0. The van der Waals surface area contributed by atoms with Gasteiger partial charge in [0.25, 0.3) is 0 Å². The first-order chi connectivity index (χ1) is 28.3. The predicted octanol–water partition coefficient (Wildman–Crippen LogP) is 15.8. The Labute approximate surface area is 365 Å². The van der Waals surface area contributed by atoms with Gasteiger partial charge in [-0.15, -0.1) is 0 Å². The van der Waals surface area contributed by atoms with Crippen molar-refractivity contribution < 1.29 is 14.9 Å². The second kappa shape index (κ2) is 32.2. The van der Waals surface area contributed by atoms with Gasteiger partial charge in [-0.2, -0.15) is 0 Å². The van der Waals surface area contributed by atoms with Crippen LogP contribution in [0.25, 0.3) is 11.1 Å². The molecule has 0 fully saturated rings. The second-order valence-electron chi connectivity index (χ2n) is 15.8. The summed E-state index contributed by atoms with van der Waals surface area (Å²) in [5, 5.41) is 0. The zero-order chi connectivity index (χ0) is 42.4. The Morgan fingerprint density at radius 1 is 0.534 bits per heavy atom. The topological polar surface area (TPSA) is 31.2 Å². The van der Waals surface area contributed by atoms with Crippen LogP contribution in [0.4, 0.5) is 11.4 Å². The average molecular weight is 838 g/mol. The number of hydrogen-bond donors (Lipinski definition) is 0. The maximum absolute atomic E-state index is 5.26. The summed E-state index contributed by atoms with van der Waals surface area (Å²) in [6.45, 7) is 27.0. The quantitative estimate of drug-likeness (QED) is 0.0396. The van der Waals surface area contributed by atoms with Gasteiger partial charge in [0.2, 0.25) is 0 Å². The minimum absolute atomic E-state index is 0.864. The molecule has 0 aliphatic carbocycles. The van der Waals surface area contributed by atoms with E-state index in [0.29, 0.717) is 0 Å². The van der Waals surface area contributed by atoms with Gasteiger partial charge in [-0.3, -0.25) is 9.98 Å². The van der Waals surface area contributed by atoms with Crippen LogP contribution in [0.15, 0.2) is 64.6 Å². The van der Waals surface area contributed by atoms with E-state index in [1.54, 1.807) is 31.6 Å². The number of aryl methyl sites for hydroxylation is 4. The molecular formula is C53H86N4Ni. The van der Waals surface area contributed by atoms with E-state index in [1.165, 1.54) is 125 Å². The van der Waals surface area contributed by atoms with E-state index in [2.05, 4.69) is 132 Å². The fourth-order valence-corrected chi connectivity index (χ4v) is 8.54. The van der Waals surface area contributed by atoms with Crippen LogP contribution < -0.4 is 0 Å². The average Bonchev–Trinajstić information content (AvgIpc) is 3.24. The molecule has 3 aromatic rings. The Morgan fingerprint density at radius 2 is 1.02 bits per heavy atom. The minimum atomic E-state index is 0.864. The SMILES string of the molecule is CCCCCCc1cc(N=C(C=Nc2cc(C)c(-c3ccccc3)c(CCCCCC)c2)CC)cc(CCCC)c1CCCCCC.CC[N](CC)[Ni][N](CC)CC. The summed E-state index contributed by atoms with van der Waals surface area (Å²) < 4.78 is 4.75. The zero-order valence-electron chi connectivity index (χ0n) is 39.1. The van der Waals surface area contributed by atoms with Crippen LogP contribution in [0.1, 0.15) is 186 Å². The van der Waals surface area contributed by atoms with E-state index in [4.69, 9.17) is 9.98 Å². The van der Waals surface area contributed by atoms with Gasteiger partial charge in [-0.1, -0.05) is 129 Å². The van der Waals surface area contributed by atoms with Crippen molar-refractivity contribution in [2.45, 2.75) is 191 Å². The predicted molar refractivity (Wildman–Crippen MR) is 257 cm³/mol. The van der Waals surface area contributed by atoms with Crippen LogP contribution >= 0.6 is 0 Å². The van der Waals surface area contributed by atoms with Crippen LogP contribution in [-0.4, -0.2) is 46.1 Å². The molecule has 0 aliphatic heterocycles. The molecule has 58 heavy (non-hydrogen) atoms. The molecule has 3 aromatic carbocycles. The standard InChI is InChI=1S/C45H66N2.2C4H10N.Ni/c1-7-12-16-20-28-39-33-43(32-38(25-15-10-4)44(39)30-24-18-14-9-3)47-41(11-5)35-46-42-31-36(6)45(37-26-22-19-23-27-37)40(34-42)29-21-17-13-8-2;2*1-3-5-4-2;/h19,22-23,26-27,31-35H,7-18,20-21,24-25,28-30H2,1-6H3;2*3-4H2,1-2H3;/q;2*-1;+2. The van der Waals surface area contributed by atoms with Gasteiger partial charge in [-0.25, -0.2) is 0 Å². The third-order valence-corrected chi connectivity index (χ3v) is 12.8. The van der Waals surface area contributed by atoms with Crippen LogP contribution in [0.3, 0.4) is 0 Å². The molecule has 0 radical (unpaired) electrons. The fraction of sp³-hybridized carbons (Fsp3) is 0.623. The van der Waals surface area contributed by atoms with Gasteiger partial charge in [-0.05, 0) is 128 Å². The van der Waals surface area contributed by atoms with Crippen molar-refractivity contribution >= 4 is 23.3 Å². The first kappa shape index (κ1) is 51.6. The Balaban J connectivity index is 0.000000918. The van der Waals surface area contributed by atoms with Crippen molar-refractivity contribution in [3.8, 4) is 11.1 Å². The molecule has 0 amide bonds. The Kier molecular flexibility index (Phi) is 28.6. The van der Waals surface area contributed by atoms with Gasteiger partial charge < -0.3 is 0 Å². The Morgan fingerprint density at radius 3 is 1.52 bits per heavy atom. The van der Waals surface area contributed by atoms with Crippen molar-refractivity contribution in [2.24, 2.45) is 9.98 Å². The molecule has 328 valence electrons. The molecule has 4 nitrogen and oxygen atoms in total. The second-order valence-corrected chi connectivity index (χ2v) is 17.3. The van der Waals surface area contributed by atoms with E-state index in [1.807, 2.05) is 6.21 Å². The van der Waals surface area contributed by atoms with E-state index < -0.39 is 0 Å². The summed E-state index contributed by atoms with van der Waals surface area (Å²) in [5.41, 5.74) is 13.3. The first-order valence-corrected chi connectivity index (χ1v) is 24.8.